The van der Waals surface area contributed by atoms with Crippen molar-refractivity contribution in [1.29, 1.82) is 0 Å². The van der Waals surface area contributed by atoms with Crippen molar-refractivity contribution in [3.63, 3.8) is 0 Å². The topological polar surface area (TPSA) is 91.8 Å². The number of carbonyl (C=O) groups excluding carboxylic acids is 2. The highest BCUT2D eigenvalue weighted by Crippen LogP contribution is 2.47. The molecule has 0 unspecified atom stereocenters. The van der Waals surface area contributed by atoms with Crippen molar-refractivity contribution in [3.8, 4) is 0 Å². The minimum atomic E-state index is -0.540. The summed E-state index contributed by atoms with van der Waals surface area (Å²) in [5.74, 6) is -0.540. The van der Waals surface area contributed by atoms with Crippen molar-refractivity contribution in [2.24, 2.45) is 0 Å². The molecule has 0 saturated carbocycles. The second kappa shape index (κ2) is 6.96. The fourth-order valence-corrected chi connectivity index (χ4v) is 4.66. The lowest BCUT2D eigenvalue weighted by Gasteiger charge is -2.29. The van der Waals surface area contributed by atoms with E-state index < -0.39 is 11.5 Å². The van der Waals surface area contributed by atoms with Gasteiger partial charge in [-0.1, -0.05) is 24.3 Å². The Kier molecular flexibility index (Phi) is 4.71. The Hall–Kier alpha value is -2.71. The van der Waals surface area contributed by atoms with Gasteiger partial charge in [-0.25, -0.2) is 15.3 Å². The summed E-state index contributed by atoms with van der Waals surface area (Å²) >= 11 is 1.61. The Morgan fingerprint density at radius 3 is 2.52 bits per heavy atom. The number of nitrogens with zero attached hydrogens (tertiary/aromatic N) is 2. The van der Waals surface area contributed by atoms with Crippen molar-refractivity contribution in [1.82, 2.24) is 15.4 Å². The van der Waals surface area contributed by atoms with E-state index >= 15 is 0 Å². The molecule has 2 aromatic rings. The summed E-state index contributed by atoms with van der Waals surface area (Å²) in [4.78, 5) is 31.6. The summed E-state index contributed by atoms with van der Waals surface area (Å²) in [5.41, 5.74) is 3.21. The van der Waals surface area contributed by atoms with Gasteiger partial charge in [-0.3, -0.25) is 10.0 Å². The number of hydrogen-bond donors (Lipinski definition) is 2. The Balaban J connectivity index is 1.53. The molecule has 1 aliphatic heterocycles. The molecule has 0 saturated heterocycles. The second-order valence-corrected chi connectivity index (χ2v) is 9.35. The number of nitrogens with one attached hydrogen (secondary N) is 1. The van der Waals surface area contributed by atoms with Gasteiger partial charge in [-0.2, -0.15) is 0 Å². The number of thiazole rings is 1. The minimum absolute atomic E-state index is 0.296. The van der Waals surface area contributed by atoms with Gasteiger partial charge in [0.15, 0.2) is 0 Å². The average Bonchev–Trinajstić information content (AvgIpc) is 3.38. The maximum absolute atomic E-state index is 12.4. The highest BCUT2D eigenvalue weighted by Gasteiger charge is 2.42. The van der Waals surface area contributed by atoms with Crippen LogP contribution in [0.2, 0.25) is 0 Å². The third-order valence-corrected chi connectivity index (χ3v) is 6.20. The molecule has 1 aromatic heterocycles. The van der Waals surface area contributed by atoms with Gasteiger partial charge in [-0.05, 0) is 38.5 Å². The van der Waals surface area contributed by atoms with Gasteiger partial charge >= 0.3 is 6.09 Å². The summed E-state index contributed by atoms with van der Waals surface area (Å²) < 4.78 is 5.50. The van der Waals surface area contributed by atoms with E-state index in [4.69, 9.17) is 14.9 Å². The van der Waals surface area contributed by atoms with E-state index in [1.54, 1.807) is 33.8 Å². The predicted molar refractivity (Wildman–Crippen MR) is 108 cm³/mol. The lowest BCUT2D eigenvalue weighted by molar-refractivity contribution is 0.0225. The lowest BCUT2D eigenvalue weighted by atomic mass is 9.93. The highest BCUT2D eigenvalue weighted by molar-refractivity contribution is 7.12. The van der Waals surface area contributed by atoms with Crippen LogP contribution in [0.3, 0.4) is 0 Å². The highest BCUT2D eigenvalue weighted by atomic mass is 32.1. The van der Waals surface area contributed by atoms with E-state index in [1.165, 1.54) is 0 Å². The van der Waals surface area contributed by atoms with Crippen molar-refractivity contribution < 1.29 is 19.5 Å². The quantitative estimate of drug-likeness (QED) is 0.457. The third-order valence-electron chi connectivity index (χ3n) is 4.96. The molecule has 4 rings (SSSR count). The van der Waals surface area contributed by atoms with Gasteiger partial charge < -0.3 is 9.64 Å². The van der Waals surface area contributed by atoms with Crippen molar-refractivity contribution in [2.45, 2.75) is 44.8 Å². The predicted octanol–water partition coefficient (Wildman–Crippen LogP) is 3.41. The van der Waals surface area contributed by atoms with Crippen LogP contribution in [0.15, 0.2) is 36.4 Å². The smallest absolute Gasteiger partial charge is 0.410 e. The molecular weight excluding hydrogens is 390 g/mol. The zero-order chi connectivity index (χ0) is 20.8. The average molecular weight is 413 g/mol. The number of aromatic nitrogens is 1. The van der Waals surface area contributed by atoms with Crippen molar-refractivity contribution in [2.75, 3.05) is 6.54 Å². The molecule has 2 aliphatic rings. The van der Waals surface area contributed by atoms with E-state index in [1.807, 2.05) is 32.9 Å². The van der Waals surface area contributed by atoms with E-state index in [9.17, 15) is 9.59 Å². The summed E-state index contributed by atoms with van der Waals surface area (Å²) in [7, 11) is 0. The van der Waals surface area contributed by atoms with Gasteiger partial charge in [0.2, 0.25) is 0 Å². The Morgan fingerprint density at radius 1 is 1.24 bits per heavy atom. The first-order chi connectivity index (χ1) is 13.7. The zero-order valence-electron chi connectivity index (χ0n) is 16.6. The largest absolute Gasteiger partial charge is 0.444 e. The Morgan fingerprint density at radius 2 is 1.93 bits per heavy atom. The Labute approximate surface area is 173 Å². The molecule has 0 atom stereocenters. The molecule has 1 aliphatic carbocycles. The molecule has 7 nitrogen and oxygen atoms in total. The first kappa shape index (κ1) is 19.6. The number of fused-ring (bicyclic) bond motifs is 1. The fraction of sp³-hybridized carbons (Fsp3) is 0.381. The van der Waals surface area contributed by atoms with E-state index in [2.05, 4.69) is 12.2 Å². The number of hydrogen-bond acceptors (Lipinski definition) is 6. The molecule has 0 spiro atoms. The van der Waals surface area contributed by atoms with Gasteiger partial charge in [0, 0.05) is 23.4 Å². The van der Waals surface area contributed by atoms with Crippen LogP contribution in [0.25, 0.3) is 0 Å². The number of allylic oxidation sites excluding steroid dienone is 2. The number of rotatable bonds is 3. The first-order valence-corrected chi connectivity index (χ1v) is 10.3. The molecule has 0 fully saturated rings. The molecule has 2 N–H and O–H groups in total. The van der Waals surface area contributed by atoms with Crippen molar-refractivity contribution in [3.05, 3.63) is 63.1 Å². The van der Waals surface area contributed by atoms with Gasteiger partial charge in [0.1, 0.15) is 10.6 Å². The maximum atomic E-state index is 12.4. The van der Waals surface area contributed by atoms with Crippen LogP contribution < -0.4 is 5.48 Å². The maximum Gasteiger partial charge on any atom is 0.410 e. The van der Waals surface area contributed by atoms with E-state index in [0.717, 1.165) is 21.1 Å². The summed E-state index contributed by atoms with van der Waals surface area (Å²) in [5, 5.41) is 9.73. The molecule has 8 heteroatoms. The molecule has 0 radical (unpaired) electrons. The van der Waals surface area contributed by atoms with Crippen molar-refractivity contribution >= 4 is 23.3 Å². The number of amides is 2. The molecule has 2 amide bonds. The van der Waals surface area contributed by atoms with Crippen LogP contribution in [0.4, 0.5) is 4.79 Å². The molecule has 29 heavy (non-hydrogen) atoms. The normalized spacial score (nSPS) is 16.9. The summed E-state index contributed by atoms with van der Waals surface area (Å²) in [6, 6.07) is 7.11. The number of benzene rings is 1. The summed E-state index contributed by atoms with van der Waals surface area (Å²) in [6.45, 7) is 6.69. The van der Waals surface area contributed by atoms with Crippen LogP contribution in [0, 0.1) is 0 Å². The summed E-state index contributed by atoms with van der Waals surface area (Å²) in [6.07, 6.45) is 4.58. The minimum Gasteiger partial charge on any atom is -0.444 e. The van der Waals surface area contributed by atoms with Crippen LogP contribution in [-0.2, 0) is 23.1 Å². The molecule has 1 aromatic carbocycles. The van der Waals surface area contributed by atoms with Crippen LogP contribution in [0.5, 0.6) is 0 Å². The van der Waals surface area contributed by atoms with Crippen LogP contribution >= 0.6 is 11.3 Å². The number of carbonyl (C=O) groups is 2. The molecule has 2 heterocycles. The number of ether oxygens (including phenoxy) is 1. The van der Waals surface area contributed by atoms with Gasteiger partial charge in [0.05, 0.1) is 17.7 Å². The molecule has 152 valence electrons. The zero-order valence-corrected chi connectivity index (χ0v) is 17.4. The first-order valence-electron chi connectivity index (χ1n) is 9.44. The van der Waals surface area contributed by atoms with Crippen LogP contribution in [0.1, 0.15) is 52.3 Å². The van der Waals surface area contributed by atoms with Gasteiger partial charge in [-0.15, -0.1) is 11.3 Å². The van der Waals surface area contributed by atoms with E-state index in [0.29, 0.717) is 25.1 Å². The third kappa shape index (κ3) is 3.77. The monoisotopic (exact) mass is 413 g/mol. The Bertz CT molecular complexity index is 982. The SMILES string of the molecule is CC(C)(C)OC(=O)N1CCc2nc(C3(c4ccc(C(=O)NO)cc4)C=C3)sc2C1. The second-order valence-electron chi connectivity index (χ2n) is 8.26. The molecular formula is C21H23N3O4S. The number of hydroxylamine groups is 1. The standard InChI is InChI=1S/C21H23N3O4S/c1-20(2,3)28-19(26)24-11-8-15-16(12-24)29-18(22-15)21(9-10-21)14-6-4-13(5-7-14)17(25)23-27/h4-7,9-10,27H,8,11-12H2,1-3H3,(H,23,25). The fourth-order valence-electron chi connectivity index (χ4n) is 3.36. The van der Waals surface area contributed by atoms with Crippen LogP contribution in [-0.4, -0.2) is 39.2 Å². The molecule has 0 bridgehead atoms. The lowest BCUT2D eigenvalue weighted by Crippen LogP contribution is -2.39. The van der Waals surface area contributed by atoms with Gasteiger partial charge in [0.25, 0.3) is 5.91 Å². The van der Waals surface area contributed by atoms with E-state index in [-0.39, 0.29) is 11.5 Å².